The van der Waals surface area contributed by atoms with Crippen molar-refractivity contribution in [1.82, 2.24) is 0 Å². The van der Waals surface area contributed by atoms with E-state index in [-0.39, 0.29) is 16.3 Å². The van der Waals surface area contributed by atoms with Gasteiger partial charge in [-0.3, -0.25) is 9.59 Å². The second-order valence-electron chi connectivity index (χ2n) is 6.01. The maximum atomic E-state index is 14.3. The van der Waals surface area contributed by atoms with E-state index >= 15 is 0 Å². The Kier molecular flexibility index (Phi) is 7.14. The molecule has 9 nitrogen and oxygen atoms in total. The van der Waals surface area contributed by atoms with Crippen molar-refractivity contribution in [3.63, 3.8) is 0 Å². The van der Waals surface area contributed by atoms with Crippen LogP contribution in [0.5, 0.6) is 0 Å². The Bertz CT molecular complexity index is 718. The van der Waals surface area contributed by atoms with Gasteiger partial charge in [0.25, 0.3) is 0 Å². The number of halogens is 1. The number of amides is 2. The molecule has 1 aliphatic rings. The first-order chi connectivity index (χ1) is 12.6. The molecular weight excluding hydrogens is 383 g/mol. The van der Waals surface area contributed by atoms with Gasteiger partial charge in [-0.15, -0.1) is 0 Å². The van der Waals surface area contributed by atoms with Crippen LogP contribution in [-0.4, -0.2) is 68.7 Å². The third kappa shape index (κ3) is 5.15. The summed E-state index contributed by atoms with van der Waals surface area (Å²) in [5.41, 5.74) is -1.15. The zero-order chi connectivity index (χ0) is 20.3. The third-order valence-electron chi connectivity index (χ3n) is 3.78. The number of nitrogens with one attached hydrogen (secondary N) is 2. The molecule has 0 unspecified atom stereocenters. The van der Waals surface area contributed by atoms with Crippen LogP contribution in [0.4, 0.5) is 15.8 Å². The van der Waals surface area contributed by atoms with Gasteiger partial charge in [0.15, 0.2) is 0 Å². The second-order valence-corrected chi connectivity index (χ2v) is 7.15. The molecule has 1 aliphatic heterocycles. The molecule has 150 valence electrons. The van der Waals surface area contributed by atoms with Crippen LogP contribution >= 0.6 is 11.8 Å². The van der Waals surface area contributed by atoms with Crippen molar-refractivity contribution in [1.29, 1.82) is 0 Å². The quantitative estimate of drug-likeness (QED) is 0.390. The molecule has 1 heterocycles. The highest BCUT2D eigenvalue weighted by Crippen LogP contribution is 2.39. The number of aliphatic hydroxyl groups excluding tert-OH is 4. The van der Waals surface area contributed by atoms with Gasteiger partial charge in [0.1, 0.15) is 35.7 Å². The van der Waals surface area contributed by atoms with E-state index < -0.39 is 54.1 Å². The molecule has 5 atom stereocenters. The highest BCUT2D eigenvalue weighted by molar-refractivity contribution is 8.00. The number of anilines is 2. The molecule has 11 heteroatoms. The van der Waals surface area contributed by atoms with E-state index in [9.17, 15) is 34.4 Å². The van der Waals surface area contributed by atoms with Crippen molar-refractivity contribution in [3.8, 4) is 0 Å². The fourth-order valence-electron chi connectivity index (χ4n) is 2.52. The van der Waals surface area contributed by atoms with Crippen LogP contribution < -0.4 is 10.6 Å². The van der Waals surface area contributed by atoms with Crippen LogP contribution in [0.25, 0.3) is 0 Å². The summed E-state index contributed by atoms with van der Waals surface area (Å²) in [4.78, 5) is 22.8. The Morgan fingerprint density at radius 3 is 2.22 bits per heavy atom. The van der Waals surface area contributed by atoms with Gasteiger partial charge in [-0.1, -0.05) is 11.8 Å². The minimum Gasteiger partial charge on any atom is -0.394 e. The lowest BCUT2D eigenvalue weighted by Crippen LogP contribution is -2.57. The Labute approximate surface area is 158 Å². The first kappa shape index (κ1) is 21.5. The molecule has 27 heavy (non-hydrogen) atoms. The van der Waals surface area contributed by atoms with Gasteiger partial charge >= 0.3 is 0 Å². The Morgan fingerprint density at radius 2 is 1.67 bits per heavy atom. The van der Waals surface area contributed by atoms with Gasteiger partial charge in [0, 0.05) is 18.7 Å². The zero-order valence-electron chi connectivity index (χ0n) is 14.5. The Balaban J connectivity index is 2.34. The van der Waals surface area contributed by atoms with Crippen molar-refractivity contribution in [2.75, 3.05) is 17.2 Å². The smallest absolute Gasteiger partial charge is 0.221 e. The fraction of sp³-hybridized carbons (Fsp3) is 0.500. The maximum Gasteiger partial charge on any atom is 0.221 e. The number of rotatable bonds is 5. The summed E-state index contributed by atoms with van der Waals surface area (Å²) in [6.07, 6.45) is -5.75. The first-order valence-corrected chi connectivity index (χ1v) is 8.88. The molecule has 2 rings (SSSR count). The summed E-state index contributed by atoms with van der Waals surface area (Å²) in [6, 6.07) is 2.24. The molecule has 6 N–H and O–H groups in total. The number of ether oxygens (including phenoxy) is 1. The predicted molar refractivity (Wildman–Crippen MR) is 94.6 cm³/mol. The van der Waals surface area contributed by atoms with Crippen molar-refractivity contribution >= 4 is 35.0 Å². The van der Waals surface area contributed by atoms with Crippen molar-refractivity contribution < 1.29 is 39.1 Å². The molecule has 1 fully saturated rings. The molecule has 0 spiro atoms. The minimum absolute atomic E-state index is 0.148. The summed E-state index contributed by atoms with van der Waals surface area (Å²) in [7, 11) is 0. The summed E-state index contributed by atoms with van der Waals surface area (Å²) < 4.78 is 19.7. The summed E-state index contributed by atoms with van der Waals surface area (Å²) in [5, 5.41) is 43.8. The number of carbonyl (C=O) groups excluding carboxylic acids is 2. The number of hydrogen-bond donors (Lipinski definition) is 6. The highest BCUT2D eigenvalue weighted by Gasteiger charge is 2.44. The van der Waals surface area contributed by atoms with Crippen LogP contribution in [-0.2, 0) is 14.3 Å². The lowest BCUT2D eigenvalue weighted by molar-refractivity contribution is -0.205. The van der Waals surface area contributed by atoms with Crippen molar-refractivity contribution in [3.05, 3.63) is 17.9 Å². The fourth-order valence-corrected chi connectivity index (χ4v) is 3.67. The topological polar surface area (TPSA) is 148 Å². The van der Waals surface area contributed by atoms with Gasteiger partial charge in [0.2, 0.25) is 11.8 Å². The van der Waals surface area contributed by atoms with Crippen LogP contribution in [0.15, 0.2) is 17.0 Å². The minimum atomic E-state index is -1.58. The average molecular weight is 404 g/mol. The Hall–Kier alpha value is -1.76. The number of benzene rings is 1. The van der Waals surface area contributed by atoms with Crippen molar-refractivity contribution in [2.24, 2.45) is 0 Å². The van der Waals surface area contributed by atoms with Gasteiger partial charge in [-0.25, -0.2) is 4.39 Å². The van der Waals surface area contributed by atoms with Crippen LogP contribution in [0.2, 0.25) is 0 Å². The average Bonchev–Trinajstić information content (AvgIpc) is 2.58. The molecular formula is C16H21FN2O7S. The molecule has 0 aromatic heterocycles. The first-order valence-electron chi connectivity index (χ1n) is 8.00. The number of hydrogen-bond acceptors (Lipinski definition) is 8. The molecule has 0 bridgehead atoms. The van der Waals surface area contributed by atoms with Crippen LogP contribution in [0.3, 0.4) is 0 Å². The number of thioether (sulfide) groups is 1. The molecule has 1 aromatic carbocycles. The van der Waals surface area contributed by atoms with E-state index in [2.05, 4.69) is 10.6 Å². The summed E-state index contributed by atoms with van der Waals surface area (Å²) >= 11 is 0.786. The van der Waals surface area contributed by atoms with E-state index in [4.69, 9.17) is 4.74 Å². The van der Waals surface area contributed by atoms with Crippen LogP contribution in [0.1, 0.15) is 13.8 Å². The SMILES string of the molecule is CC(=O)Nc1cc(NC(C)=O)c(S[C@@H]2O[C@H](CO)[C@H](O)[C@H](O)[C@H]2O)cc1F. The van der Waals surface area contributed by atoms with Gasteiger partial charge in [-0.2, -0.15) is 0 Å². The van der Waals surface area contributed by atoms with Crippen LogP contribution in [0, 0.1) is 5.82 Å². The predicted octanol–water partition coefficient (Wildman–Crippen LogP) is -0.366. The molecule has 0 saturated carbocycles. The molecule has 0 aliphatic carbocycles. The molecule has 2 amide bonds. The third-order valence-corrected chi connectivity index (χ3v) is 5.00. The van der Waals surface area contributed by atoms with E-state index in [1.54, 1.807) is 0 Å². The van der Waals surface area contributed by atoms with Gasteiger partial charge in [0.05, 0.1) is 18.0 Å². The van der Waals surface area contributed by atoms with E-state index in [1.165, 1.54) is 19.9 Å². The number of aliphatic hydroxyl groups is 4. The van der Waals surface area contributed by atoms with E-state index in [0.29, 0.717) is 0 Å². The maximum absolute atomic E-state index is 14.3. The summed E-state index contributed by atoms with van der Waals surface area (Å²) in [5.74, 6) is -1.74. The highest BCUT2D eigenvalue weighted by atomic mass is 32.2. The lowest BCUT2D eigenvalue weighted by Gasteiger charge is -2.39. The molecule has 1 aromatic rings. The van der Waals surface area contributed by atoms with E-state index in [0.717, 1.165) is 17.8 Å². The summed E-state index contributed by atoms with van der Waals surface area (Å²) in [6.45, 7) is 1.84. The largest absolute Gasteiger partial charge is 0.394 e. The normalized spacial score (nSPS) is 27.9. The monoisotopic (exact) mass is 404 g/mol. The standard InChI is InChI=1S/C16H21FN2O7S/c1-6(21)18-9-4-10(19-7(2)22)12(3-8(9)17)27-16-15(25)14(24)13(23)11(5-20)26-16/h3-4,11,13-16,20,23-25H,5H2,1-2H3,(H,18,21)(H,19,22)/t11-,13+,14+,15-,16+/m1/s1. The molecule has 1 saturated heterocycles. The van der Waals surface area contributed by atoms with Crippen molar-refractivity contribution in [2.45, 2.75) is 48.6 Å². The second kappa shape index (κ2) is 8.95. The lowest BCUT2D eigenvalue weighted by atomic mass is 10.0. The zero-order valence-corrected chi connectivity index (χ0v) is 15.4. The molecule has 0 radical (unpaired) electrons. The van der Waals surface area contributed by atoms with Gasteiger partial charge in [-0.05, 0) is 12.1 Å². The Morgan fingerprint density at radius 1 is 1.07 bits per heavy atom. The number of carbonyl (C=O) groups is 2. The van der Waals surface area contributed by atoms with E-state index in [1.807, 2.05) is 0 Å². The van der Waals surface area contributed by atoms with Gasteiger partial charge < -0.3 is 35.8 Å².